The molecule has 0 atom stereocenters. The van der Waals surface area contributed by atoms with E-state index in [0.717, 1.165) is 27.3 Å². The molecular weight excluding hydrogens is 507 g/mol. The molecule has 26 heavy (non-hydrogen) atoms. The molecule has 3 aromatic rings. The summed E-state index contributed by atoms with van der Waals surface area (Å²) in [7, 11) is 1.74. The molecule has 2 N–H and O–H groups in total. The minimum Gasteiger partial charge on any atom is -0.459 e. The number of aromatic nitrogens is 1. The number of rotatable bonds is 5. The Balaban J connectivity index is 0.00000243. The Labute approximate surface area is 178 Å². The molecular formula is C19H20BrIN4O. The fourth-order valence-electron chi connectivity index (χ4n) is 2.31. The van der Waals surface area contributed by atoms with E-state index in [0.29, 0.717) is 19.0 Å². The van der Waals surface area contributed by atoms with E-state index in [-0.39, 0.29) is 24.0 Å². The third-order valence-corrected chi connectivity index (χ3v) is 4.14. The van der Waals surface area contributed by atoms with Crippen molar-refractivity contribution in [3.8, 4) is 11.3 Å². The van der Waals surface area contributed by atoms with E-state index in [2.05, 4.69) is 36.5 Å². The van der Waals surface area contributed by atoms with Crippen molar-refractivity contribution < 1.29 is 4.42 Å². The zero-order chi connectivity index (χ0) is 17.5. The first-order valence-electron chi connectivity index (χ1n) is 7.93. The molecule has 136 valence electrons. The van der Waals surface area contributed by atoms with Crippen LogP contribution in [0.5, 0.6) is 0 Å². The molecule has 7 heteroatoms. The maximum Gasteiger partial charge on any atom is 0.191 e. The number of guanidine groups is 1. The van der Waals surface area contributed by atoms with Crippen LogP contribution in [0.2, 0.25) is 0 Å². The van der Waals surface area contributed by atoms with Gasteiger partial charge in [-0.15, -0.1) is 24.0 Å². The van der Waals surface area contributed by atoms with Crippen LogP contribution in [0.3, 0.4) is 0 Å². The fraction of sp³-hybridized carbons (Fsp3) is 0.158. The van der Waals surface area contributed by atoms with Crippen LogP contribution in [0.15, 0.2) is 74.7 Å². The fourth-order valence-corrected chi connectivity index (χ4v) is 2.57. The minimum absolute atomic E-state index is 0. The van der Waals surface area contributed by atoms with E-state index in [4.69, 9.17) is 4.42 Å². The summed E-state index contributed by atoms with van der Waals surface area (Å²) >= 11 is 3.44. The maximum absolute atomic E-state index is 5.89. The molecule has 2 heterocycles. The molecule has 0 spiro atoms. The van der Waals surface area contributed by atoms with Gasteiger partial charge in [0, 0.05) is 23.3 Å². The van der Waals surface area contributed by atoms with E-state index in [1.165, 1.54) is 0 Å². The molecule has 0 fully saturated rings. The number of aliphatic imine (C=N–C) groups is 1. The Bertz CT molecular complexity index is 834. The summed E-state index contributed by atoms with van der Waals surface area (Å²) in [6.45, 7) is 1.17. The lowest BCUT2D eigenvalue weighted by Gasteiger charge is -2.10. The highest BCUT2D eigenvalue weighted by Crippen LogP contribution is 2.23. The van der Waals surface area contributed by atoms with Crippen LogP contribution in [-0.2, 0) is 13.1 Å². The highest BCUT2D eigenvalue weighted by molar-refractivity contribution is 14.0. The van der Waals surface area contributed by atoms with Crippen molar-refractivity contribution >= 4 is 45.9 Å². The van der Waals surface area contributed by atoms with Crippen molar-refractivity contribution in [2.75, 3.05) is 7.05 Å². The van der Waals surface area contributed by atoms with E-state index >= 15 is 0 Å². The first kappa shape index (κ1) is 20.4. The van der Waals surface area contributed by atoms with Gasteiger partial charge in [-0.05, 0) is 36.4 Å². The van der Waals surface area contributed by atoms with Gasteiger partial charge in [0.25, 0.3) is 0 Å². The van der Waals surface area contributed by atoms with Gasteiger partial charge in [-0.3, -0.25) is 9.98 Å². The second kappa shape index (κ2) is 10.3. The van der Waals surface area contributed by atoms with Gasteiger partial charge in [-0.2, -0.15) is 0 Å². The number of hydrogen-bond donors (Lipinski definition) is 2. The number of nitrogens with zero attached hydrogens (tertiary/aromatic N) is 2. The molecule has 0 amide bonds. The van der Waals surface area contributed by atoms with Crippen LogP contribution in [0.4, 0.5) is 0 Å². The van der Waals surface area contributed by atoms with Gasteiger partial charge >= 0.3 is 0 Å². The first-order chi connectivity index (χ1) is 12.2. The molecule has 3 rings (SSSR count). The topological polar surface area (TPSA) is 62.5 Å². The van der Waals surface area contributed by atoms with Crippen LogP contribution in [0, 0.1) is 0 Å². The normalized spacial score (nSPS) is 10.9. The van der Waals surface area contributed by atoms with Crippen LogP contribution >= 0.6 is 39.9 Å². The van der Waals surface area contributed by atoms with Crippen LogP contribution in [-0.4, -0.2) is 18.0 Å². The lowest BCUT2D eigenvalue weighted by molar-refractivity contribution is 0.513. The van der Waals surface area contributed by atoms with Gasteiger partial charge in [0.2, 0.25) is 0 Å². The lowest BCUT2D eigenvalue weighted by atomic mass is 10.2. The molecule has 0 radical (unpaired) electrons. The van der Waals surface area contributed by atoms with E-state index in [1.807, 2.05) is 54.6 Å². The summed E-state index contributed by atoms with van der Waals surface area (Å²) in [4.78, 5) is 8.49. The predicted molar refractivity (Wildman–Crippen MR) is 119 cm³/mol. The average molecular weight is 527 g/mol. The molecule has 0 saturated carbocycles. The number of pyridine rings is 1. The van der Waals surface area contributed by atoms with Crippen LogP contribution in [0.25, 0.3) is 11.3 Å². The molecule has 0 bridgehead atoms. The zero-order valence-corrected chi connectivity index (χ0v) is 18.2. The van der Waals surface area contributed by atoms with E-state index in [1.54, 1.807) is 13.2 Å². The summed E-state index contributed by atoms with van der Waals surface area (Å²) < 4.78 is 6.94. The zero-order valence-electron chi connectivity index (χ0n) is 14.3. The van der Waals surface area contributed by atoms with Crippen LogP contribution in [0.1, 0.15) is 11.5 Å². The summed E-state index contributed by atoms with van der Waals surface area (Å²) in [5.41, 5.74) is 2.01. The Kier molecular flexibility index (Phi) is 8.11. The standard InChI is InChI=1S/C19H19BrN4O.HI/c1-21-19(23-12-16-4-2-3-11-22-16)24-13-17-9-10-18(25-17)14-5-7-15(20)8-6-14;/h2-11H,12-13H2,1H3,(H2,21,23,24);1H. The number of halogens is 2. The van der Waals surface area contributed by atoms with Crippen molar-refractivity contribution in [3.05, 3.63) is 76.7 Å². The quantitative estimate of drug-likeness (QED) is 0.290. The molecule has 0 aliphatic carbocycles. The Morgan fingerprint density at radius 2 is 1.81 bits per heavy atom. The lowest BCUT2D eigenvalue weighted by Crippen LogP contribution is -2.36. The SMILES string of the molecule is CN=C(NCc1ccccn1)NCc1ccc(-c2ccc(Br)cc2)o1.I. The van der Waals surface area contributed by atoms with Crippen LogP contribution < -0.4 is 10.6 Å². The number of benzene rings is 1. The highest BCUT2D eigenvalue weighted by atomic mass is 127. The summed E-state index contributed by atoms with van der Waals surface area (Å²) in [5.74, 6) is 2.40. The third-order valence-electron chi connectivity index (χ3n) is 3.61. The van der Waals surface area contributed by atoms with Gasteiger partial charge in [-0.25, -0.2) is 0 Å². The Hall–Kier alpha value is -1.87. The molecule has 5 nitrogen and oxygen atoms in total. The van der Waals surface area contributed by atoms with Gasteiger partial charge in [0.05, 0.1) is 18.8 Å². The number of nitrogens with one attached hydrogen (secondary N) is 2. The summed E-state index contributed by atoms with van der Waals surface area (Å²) in [6, 6.07) is 17.8. The molecule has 2 aromatic heterocycles. The molecule has 0 aliphatic heterocycles. The third kappa shape index (κ3) is 5.84. The van der Waals surface area contributed by atoms with Gasteiger partial charge < -0.3 is 15.1 Å². The second-order valence-electron chi connectivity index (χ2n) is 5.37. The maximum atomic E-state index is 5.89. The summed E-state index contributed by atoms with van der Waals surface area (Å²) in [6.07, 6.45) is 1.78. The molecule has 0 unspecified atom stereocenters. The van der Waals surface area contributed by atoms with Gasteiger partial charge in [0.1, 0.15) is 11.5 Å². The minimum atomic E-state index is 0. The highest BCUT2D eigenvalue weighted by Gasteiger charge is 2.06. The number of furan rings is 1. The monoisotopic (exact) mass is 526 g/mol. The molecule has 1 aromatic carbocycles. The van der Waals surface area contributed by atoms with E-state index < -0.39 is 0 Å². The largest absolute Gasteiger partial charge is 0.459 e. The second-order valence-corrected chi connectivity index (χ2v) is 6.29. The number of hydrogen-bond acceptors (Lipinski definition) is 3. The predicted octanol–water partition coefficient (Wildman–Crippen LogP) is 4.59. The Morgan fingerprint density at radius 1 is 1.04 bits per heavy atom. The van der Waals surface area contributed by atoms with Crippen molar-refractivity contribution in [2.45, 2.75) is 13.1 Å². The van der Waals surface area contributed by atoms with E-state index in [9.17, 15) is 0 Å². The average Bonchev–Trinajstić information content (AvgIpc) is 3.12. The van der Waals surface area contributed by atoms with Crippen molar-refractivity contribution in [2.24, 2.45) is 4.99 Å². The summed E-state index contributed by atoms with van der Waals surface area (Å²) in [5, 5.41) is 6.47. The Morgan fingerprint density at radius 3 is 2.50 bits per heavy atom. The smallest absolute Gasteiger partial charge is 0.191 e. The molecule has 0 aliphatic rings. The van der Waals surface area contributed by atoms with Crippen molar-refractivity contribution in [1.29, 1.82) is 0 Å². The van der Waals surface area contributed by atoms with Crippen molar-refractivity contribution in [1.82, 2.24) is 15.6 Å². The van der Waals surface area contributed by atoms with Gasteiger partial charge in [-0.1, -0.05) is 34.1 Å². The molecule has 0 saturated heterocycles. The van der Waals surface area contributed by atoms with Crippen molar-refractivity contribution in [3.63, 3.8) is 0 Å². The van der Waals surface area contributed by atoms with Gasteiger partial charge in [0.15, 0.2) is 5.96 Å². The first-order valence-corrected chi connectivity index (χ1v) is 8.73.